The molecule has 0 saturated heterocycles. The van der Waals surface area contributed by atoms with E-state index in [2.05, 4.69) is 13.8 Å². The molecule has 12 heavy (non-hydrogen) atoms. The van der Waals surface area contributed by atoms with Crippen molar-refractivity contribution in [2.45, 2.75) is 32.8 Å². The third kappa shape index (κ3) is 7.98. The summed E-state index contributed by atoms with van der Waals surface area (Å²) in [5.41, 5.74) is 0. The van der Waals surface area contributed by atoms with Crippen LogP contribution in [0.2, 0.25) is 0 Å². The van der Waals surface area contributed by atoms with Crippen LogP contribution in [0.5, 0.6) is 0 Å². The van der Waals surface area contributed by atoms with E-state index >= 15 is 0 Å². The van der Waals surface area contributed by atoms with Crippen molar-refractivity contribution in [3.63, 3.8) is 0 Å². The van der Waals surface area contributed by atoms with Crippen molar-refractivity contribution < 1.29 is 14.9 Å². The molecule has 0 aromatic rings. The maximum Gasteiger partial charge on any atom is 0.0771 e. The quantitative estimate of drug-likeness (QED) is 0.564. The fraction of sp³-hybridized carbons (Fsp3) is 1.00. The van der Waals surface area contributed by atoms with Crippen molar-refractivity contribution in [1.29, 1.82) is 0 Å². The molecule has 0 aromatic heterocycles. The van der Waals surface area contributed by atoms with Crippen LogP contribution in [0, 0.1) is 5.92 Å². The van der Waals surface area contributed by atoms with Crippen LogP contribution in [0.3, 0.4) is 0 Å². The Balaban J connectivity index is 3.00. The topological polar surface area (TPSA) is 49.7 Å². The van der Waals surface area contributed by atoms with Gasteiger partial charge in [0.05, 0.1) is 12.7 Å². The van der Waals surface area contributed by atoms with Gasteiger partial charge >= 0.3 is 0 Å². The number of hydrogen-bond acceptors (Lipinski definition) is 3. The number of rotatable bonds is 7. The monoisotopic (exact) mass is 176 g/mol. The van der Waals surface area contributed by atoms with Gasteiger partial charge in [0, 0.05) is 13.2 Å². The highest BCUT2D eigenvalue weighted by Crippen LogP contribution is 1.98. The first kappa shape index (κ1) is 11.9. The van der Waals surface area contributed by atoms with E-state index in [1.54, 1.807) is 0 Å². The average Bonchev–Trinajstić information content (AvgIpc) is 2.03. The second-order valence-corrected chi connectivity index (χ2v) is 3.45. The molecule has 0 aromatic carbocycles. The van der Waals surface area contributed by atoms with Crippen LogP contribution in [0.4, 0.5) is 0 Å². The third-order valence-electron chi connectivity index (χ3n) is 1.49. The van der Waals surface area contributed by atoms with Crippen LogP contribution in [0.25, 0.3) is 0 Å². The minimum atomic E-state index is -0.576. The fourth-order valence-electron chi connectivity index (χ4n) is 0.831. The molecule has 0 amide bonds. The van der Waals surface area contributed by atoms with Crippen LogP contribution in [-0.2, 0) is 4.74 Å². The maximum atomic E-state index is 8.96. The zero-order valence-corrected chi connectivity index (χ0v) is 7.99. The van der Waals surface area contributed by atoms with E-state index in [1.165, 1.54) is 0 Å². The summed E-state index contributed by atoms with van der Waals surface area (Å²) < 4.78 is 5.30. The summed E-state index contributed by atoms with van der Waals surface area (Å²) in [6, 6.07) is 0. The van der Waals surface area contributed by atoms with Crippen LogP contribution < -0.4 is 0 Å². The van der Waals surface area contributed by atoms with E-state index < -0.39 is 6.10 Å². The van der Waals surface area contributed by atoms with Crippen molar-refractivity contribution in [3.05, 3.63) is 0 Å². The lowest BCUT2D eigenvalue weighted by Gasteiger charge is -2.08. The first-order valence-corrected chi connectivity index (χ1v) is 4.53. The molecule has 0 aliphatic heterocycles. The highest BCUT2D eigenvalue weighted by molar-refractivity contribution is 4.51. The fourth-order valence-corrected chi connectivity index (χ4v) is 0.831. The highest BCUT2D eigenvalue weighted by Gasteiger charge is 2.00. The second-order valence-electron chi connectivity index (χ2n) is 3.45. The Bertz CT molecular complexity index is 93.8. The van der Waals surface area contributed by atoms with E-state index in [9.17, 15) is 0 Å². The van der Waals surface area contributed by atoms with Gasteiger partial charge in [0.2, 0.25) is 0 Å². The maximum absolute atomic E-state index is 8.96. The Kier molecular flexibility index (Phi) is 7.45. The van der Waals surface area contributed by atoms with Gasteiger partial charge in [0.15, 0.2) is 0 Å². The van der Waals surface area contributed by atoms with Crippen molar-refractivity contribution in [2.24, 2.45) is 5.92 Å². The molecule has 0 spiro atoms. The standard InChI is InChI=1S/C9H20O3/c1-8(2)7-12-5-3-4-9(11)6-10/h8-11H,3-7H2,1-2H3. The molecule has 0 rings (SSSR count). The van der Waals surface area contributed by atoms with Gasteiger partial charge in [0.1, 0.15) is 0 Å². The third-order valence-corrected chi connectivity index (χ3v) is 1.49. The molecule has 3 nitrogen and oxygen atoms in total. The Morgan fingerprint density at radius 2 is 2.00 bits per heavy atom. The van der Waals surface area contributed by atoms with E-state index in [0.29, 0.717) is 18.9 Å². The summed E-state index contributed by atoms with van der Waals surface area (Å²) in [6.45, 7) is 5.50. The summed E-state index contributed by atoms with van der Waals surface area (Å²) >= 11 is 0. The van der Waals surface area contributed by atoms with Crippen molar-refractivity contribution >= 4 is 0 Å². The molecule has 0 radical (unpaired) electrons. The van der Waals surface area contributed by atoms with E-state index in [0.717, 1.165) is 13.0 Å². The van der Waals surface area contributed by atoms with Gasteiger partial charge in [-0.25, -0.2) is 0 Å². The van der Waals surface area contributed by atoms with E-state index in [-0.39, 0.29) is 6.61 Å². The van der Waals surface area contributed by atoms with Gasteiger partial charge in [-0.1, -0.05) is 13.8 Å². The normalized spacial score (nSPS) is 13.8. The van der Waals surface area contributed by atoms with E-state index in [4.69, 9.17) is 14.9 Å². The molecule has 2 N–H and O–H groups in total. The summed E-state index contributed by atoms with van der Waals surface area (Å²) in [7, 11) is 0. The van der Waals surface area contributed by atoms with Crippen molar-refractivity contribution in [3.8, 4) is 0 Å². The Morgan fingerprint density at radius 1 is 1.33 bits per heavy atom. The molecule has 0 bridgehead atoms. The Labute approximate surface area is 74.4 Å². The summed E-state index contributed by atoms with van der Waals surface area (Å²) in [6.07, 6.45) is 0.857. The van der Waals surface area contributed by atoms with Gasteiger partial charge in [0.25, 0.3) is 0 Å². The molecule has 1 unspecified atom stereocenters. The lowest BCUT2D eigenvalue weighted by atomic mass is 10.2. The molecule has 0 saturated carbocycles. The lowest BCUT2D eigenvalue weighted by molar-refractivity contribution is 0.0646. The number of aliphatic hydroxyl groups excluding tert-OH is 2. The zero-order chi connectivity index (χ0) is 9.40. The molecule has 0 heterocycles. The van der Waals surface area contributed by atoms with Crippen molar-refractivity contribution in [2.75, 3.05) is 19.8 Å². The Hall–Kier alpha value is -0.120. The largest absolute Gasteiger partial charge is 0.394 e. The number of aliphatic hydroxyl groups is 2. The second kappa shape index (κ2) is 7.53. The molecular weight excluding hydrogens is 156 g/mol. The van der Waals surface area contributed by atoms with E-state index in [1.807, 2.05) is 0 Å². The minimum absolute atomic E-state index is 0.149. The van der Waals surface area contributed by atoms with Gasteiger partial charge in [-0.2, -0.15) is 0 Å². The predicted molar refractivity (Wildman–Crippen MR) is 48.0 cm³/mol. The van der Waals surface area contributed by atoms with Crippen molar-refractivity contribution in [1.82, 2.24) is 0 Å². The average molecular weight is 176 g/mol. The van der Waals surface area contributed by atoms with Gasteiger partial charge in [-0.3, -0.25) is 0 Å². The van der Waals surface area contributed by atoms with Crippen LogP contribution in [0.1, 0.15) is 26.7 Å². The summed E-state index contributed by atoms with van der Waals surface area (Å²) in [4.78, 5) is 0. The smallest absolute Gasteiger partial charge is 0.0771 e. The van der Waals surface area contributed by atoms with Crippen LogP contribution in [-0.4, -0.2) is 36.1 Å². The summed E-state index contributed by atoms with van der Waals surface area (Å²) in [5.74, 6) is 0.563. The number of ether oxygens (including phenoxy) is 1. The van der Waals surface area contributed by atoms with Gasteiger partial charge < -0.3 is 14.9 Å². The molecule has 0 fully saturated rings. The molecular formula is C9H20O3. The zero-order valence-electron chi connectivity index (χ0n) is 7.99. The van der Waals surface area contributed by atoms with Crippen LogP contribution >= 0.6 is 0 Å². The Morgan fingerprint density at radius 3 is 2.50 bits per heavy atom. The van der Waals surface area contributed by atoms with Gasteiger partial charge in [-0.05, 0) is 18.8 Å². The lowest BCUT2D eigenvalue weighted by Crippen LogP contribution is -2.13. The molecule has 3 heteroatoms. The predicted octanol–water partition coefficient (Wildman–Crippen LogP) is 0.792. The van der Waals surface area contributed by atoms with Crippen LogP contribution in [0.15, 0.2) is 0 Å². The number of hydrogen-bond donors (Lipinski definition) is 2. The molecule has 1 atom stereocenters. The highest BCUT2D eigenvalue weighted by atomic mass is 16.5. The summed E-state index contributed by atoms with van der Waals surface area (Å²) in [5, 5.41) is 17.4. The molecule has 74 valence electrons. The first-order valence-electron chi connectivity index (χ1n) is 4.53. The first-order chi connectivity index (χ1) is 5.66. The SMILES string of the molecule is CC(C)COCCCC(O)CO. The molecule has 0 aliphatic rings. The minimum Gasteiger partial charge on any atom is -0.394 e. The molecule has 0 aliphatic carbocycles. The van der Waals surface area contributed by atoms with Gasteiger partial charge in [-0.15, -0.1) is 0 Å².